The van der Waals surface area contributed by atoms with Crippen molar-refractivity contribution < 1.29 is 9.15 Å². The van der Waals surface area contributed by atoms with Crippen LogP contribution in [-0.4, -0.2) is 7.11 Å². The first-order chi connectivity index (χ1) is 10.3. The van der Waals surface area contributed by atoms with Crippen molar-refractivity contribution in [2.45, 2.75) is 0 Å². The zero-order valence-electron chi connectivity index (χ0n) is 11.6. The Morgan fingerprint density at radius 1 is 1.00 bits per heavy atom. The Balaban J connectivity index is 1.97. The van der Waals surface area contributed by atoms with Crippen LogP contribution < -0.4 is 10.2 Å². The molecule has 0 spiro atoms. The molecule has 0 saturated carbocycles. The second-order valence-electron chi connectivity index (χ2n) is 4.62. The number of benzene rings is 2. The van der Waals surface area contributed by atoms with E-state index >= 15 is 0 Å². The molecule has 0 bridgehead atoms. The standard InChI is InChI=1S/C18H14O3/c1-20-14-6-4-5-13(11-14)9-10-15-12-17(19)16-7-2-3-8-18(16)21-15/h2-12H,1H3/b10-9+. The van der Waals surface area contributed by atoms with Gasteiger partial charge >= 0.3 is 0 Å². The highest BCUT2D eigenvalue weighted by molar-refractivity contribution is 5.78. The third-order valence-corrected chi connectivity index (χ3v) is 3.19. The van der Waals surface area contributed by atoms with Crippen LogP contribution in [0.1, 0.15) is 11.3 Å². The average molecular weight is 278 g/mol. The lowest BCUT2D eigenvalue weighted by Gasteiger charge is -2.00. The number of fused-ring (bicyclic) bond motifs is 1. The van der Waals surface area contributed by atoms with Crippen LogP contribution in [-0.2, 0) is 0 Å². The molecule has 0 radical (unpaired) electrons. The van der Waals surface area contributed by atoms with E-state index in [-0.39, 0.29) is 5.43 Å². The van der Waals surface area contributed by atoms with Gasteiger partial charge in [-0.05, 0) is 35.9 Å². The summed E-state index contributed by atoms with van der Waals surface area (Å²) in [5.74, 6) is 1.32. The number of hydrogen-bond acceptors (Lipinski definition) is 3. The molecule has 3 heteroatoms. The van der Waals surface area contributed by atoms with Crippen molar-refractivity contribution in [2.75, 3.05) is 7.11 Å². The largest absolute Gasteiger partial charge is 0.497 e. The average Bonchev–Trinajstić information content (AvgIpc) is 2.53. The van der Waals surface area contributed by atoms with Gasteiger partial charge in [0.05, 0.1) is 12.5 Å². The van der Waals surface area contributed by atoms with Crippen LogP contribution in [0.15, 0.2) is 63.8 Å². The molecule has 3 nitrogen and oxygen atoms in total. The van der Waals surface area contributed by atoms with Gasteiger partial charge in [0.15, 0.2) is 5.43 Å². The molecule has 0 unspecified atom stereocenters. The van der Waals surface area contributed by atoms with E-state index in [1.807, 2.05) is 42.5 Å². The van der Waals surface area contributed by atoms with Crippen molar-refractivity contribution >= 4 is 23.1 Å². The maximum absolute atomic E-state index is 12.0. The molecular weight excluding hydrogens is 264 g/mol. The van der Waals surface area contributed by atoms with E-state index in [1.165, 1.54) is 6.07 Å². The predicted molar refractivity (Wildman–Crippen MR) is 84.4 cm³/mol. The van der Waals surface area contributed by atoms with E-state index in [9.17, 15) is 4.79 Å². The molecule has 0 atom stereocenters. The highest BCUT2D eigenvalue weighted by Gasteiger charge is 2.01. The lowest BCUT2D eigenvalue weighted by molar-refractivity contribution is 0.414. The number of ether oxygens (including phenoxy) is 1. The molecule has 0 aliphatic carbocycles. The third-order valence-electron chi connectivity index (χ3n) is 3.19. The Morgan fingerprint density at radius 3 is 2.71 bits per heavy atom. The van der Waals surface area contributed by atoms with E-state index in [4.69, 9.17) is 9.15 Å². The van der Waals surface area contributed by atoms with Gasteiger partial charge < -0.3 is 9.15 Å². The number of para-hydroxylation sites is 1. The van der Waals surface area contributed by atoms with E-state index in [2.05, 4.69) is 0 Å². The quantitative estimate of drug-likeness (QED) is 0.727. The van der Waals surface area contributed by atoms with Crippen LogP contribution in [0.2, 0.25) is 0 Å². The minimum Gasteiger partial charge on any atom is -0.497 e. The topological polar surface area (TPSA) is 39.4 Å². The van der Waals surface area contributed by atoms with Gasteiger partial charge in [-0.2, -0.15) is 0 Å². The molecule has 21 heavy (non-hydrogen) atoms. The van der Waals surface area contributed by atoms with Crippen molar-refractivity contribution in [3.63, 3.8) is 0 Å². The second kappa shape index (κ2) is 5.67. The molecule has 0 N–H and O–H groups in total. The molecule has 0 fully saturated rings. The van der Waals surface area contributed by atoms with Crippen molar-refractivity contribution in [1.29, 1.82) is 0 Å². The zero-order chi connectivity index (χ0) is 14.7. The van der Waals surface area contributed by atoms with Crippen LogP contribution in [0, 0.1) is 0 Å². The molecule has 0 saturated heterocycles. The molecule has 0 aliphatic heterocycles. The normalized spacial score (nSPS) is 11.1. The highest BCUT2D eigenvalue weighted by atomic mass is 16.5. The van der Waals surface area contributed by atoms with E-state index in [1.54, 1.807) is 25.3 Å². The maximum Gasteiger partial charge on any atom is 0.193 e. The number of rotatable bonds is 3. The number of hydrogen-bond donors (Lipinski definition) is 0. The summed E-state index contributed by atoms with van der Waals surface area (Å²) in [4.78, 5) is 12.0. The summed E-state index contributed by atoms with van der Waals surface area (Å²) in [6.45, 7) is 0. The summed E-state index contributed by atoms with van der Waals surface area (Å²) in [5.41, 5.74) is 1.53. The summed E-state index contributed by atoms with van der Waals surface area (Å²) < 4.78 is 10.9. The Morgan fingerprint density at radius 2 is 1.86 bits per heavy atom. The van der Waals surface area contributed by atoms with E-state index in [0.29, 0.717) is 16.7 Å². The van der Waals surface area contributed by atoms with Gasteiger partial charge in [-0.25, -0.2) is 0 Å². The second-order valence-corrected chi connectivity index (χ2v) is 4.62. The zero-order valence-corrected chi connectivity index (χ0v) is 11.6. The van der Waals surface area contributed by atoms with Crippen LogP contribution in [0.4, 0.5) is 0 Å². The first-order valence-corrected chi connectivity index (χ1v) is 6.61. The van der Waals surface area contributed by atoms with Gasteiger partial charge in [0.2, 0.25) is 0 Å². The fourth-order valence-electron chi connectivity index (χ4n) is 2.13. The summed E-state index contributed by atoms with van der Waals surface area (Å²) in [6, 6.07) is 16.4. The molecule has 1 aromatic heterocycles. The molecule has 3 rings (SSSR count). The minimum absolute atomic E-state index is 0.0397. The van der Waals surface area contributed by atoms with Crippen molar-refractivity contribution in [1.82, 2.24) is 0 Å². The van der Waals surface area contributed by atoms with Gasteiger partial charge in [0, 0.05) is 6.07 Å². The minimum atomic E-state index is -0.0397. The summed E-state index contributed by atoms with van der Waals surface area (Å²) in [5, 5.41) is 0.594. The fourth-order valence-corrected chi connectivity index (χ4v) is 2.13. The molecule has 2 aromatic carbocycles. The van der Waals surface area contributed by atoms with Gasteiger partial charge in [0.25, 0.3) is 0 Å². The SMILES string of the molecule is COc1cccc(/C=C/c2cc(=O)c3ccccc3o2)c1. The first-order valence-electron chi connectivity index (χ1n) is 6.61. The summed E-state index contributed by atoms with van der Waals surface area (Å²) in [7, 11) is 1.63. The first kappa shape index (κ1) is 13.2. The summed E-state index contributed by atoms with van der Waals surface area (Å²) in [6.07, 6.45) is 3.66. The molecule has 3 aromatic rings. The lowest BCUT2D eigenvalue weighted by Crippen LogP contribution is -1.99. The van der Waals surface area contributed by atoms with Crippen molar-refractivity contribution in [3.8, 4) is 5.75 Å². The molecule has 0 amide bonds. The highest BCUT2D eigenvalue weighted by Crippen LogP contribution is 2.16. The Hall–Kier alpha value is -2.81. The smallest absolute Gasteiger partial charge is 0.193 e. The van der Waals surface area contributed by atoms with E-state index < -0.39 is 0 Å². The monoisotopic (exact) mass is 278 g/mol. The van der Waals surface area contributed by atoms with Crippen molar-refractivity contribution in [2.24, 2.45) is 0 Å². The Bertz CT molecular complexity index is 859. The molecule has 104 valence electrons. The van der Waals surface area contributed by atoms with Crippen LogP contribution in [0.3, 0.4) is 0 Å². The lowest BCUT2D eigenvalue weighted by atomic mass is 10.2. The van der Waals surface area contributed by atoms with Gasteiger partial charge in [-0.1, -0.05) is 30.3 Å². The van der Waals surface area contributed by atoms with Crippen LogP contribution in [0.5, 0.6) is 5.75 Å². The van der Waals surface area contributed by atoms with Gasteiger partial charge in [0.1, 0.15) is 17.1 Å². The third kappa shape index (κ3) is 2.87. The molecular formula is C18H14O3. The maximum atomic E-state index is 12.0. The van der Waals surface area contributed by atoms with Gasteiger partial charge in [-0.3, -0.25) is 4.79 Å². The Labute approximate surface area is 122 Å². The van der Waals surface area contributed by atoms with Gasteiger partial charge in [-0.15, -0.1) is 0 Å². The van der Waals surface area contributed by atoms with Crippen LogP contribution >= 0.6 is 0 Å². The Kier molecular flexibility index (Phi) is 3.56. The number of methoxy groups -OCH3 is 1. The fraction of sp³-hybridized carbons (Fsp3) is 0.0556. The van der Waals surface area contributed by atoms with Crippen LogP contribution in [0.25, 0.3) is 23.1 Å². The molecule has 1 heterocycles. The predicted octanol–water partition coefficient (Wildman–Crippen LogP) is 3.97. The molecule has 0 aliphatic rings. The summed E-state index contributed by atoms with van der Waals surface area (Å²) >= 11 is 0. The van der Waals surface area contributed by atoms with E-state index in [0.717, 1.165) is 11.3 Å². The van der Waals surface area contributed by atoms with Crippen molar-refractivity contribution in [3.05, 3.63) is 76.1 Å².